The normalized spacial score (nSPS) is 9.67. The Morgan fingerprint density at radius 3 is 2.50 bits per heavy atom. The van der Waals surface area contributed by atoms with Crippen LogP contribution in [0.15, 0.2) is 24.3 Å². The maximum absolute atomic E-state index is 11.5. The Morgan fingerprint density at radius 1 is 1.17 bits per heavy atom. The minimum atomic E-state index is -0.204. The molecule has 1 rings (SSSR count). The monoisotopic (exact) mass is 248 g/mol. The van der Waals surface area contributed by atoms with E-state index in [4.69, 9.17) is 0 Å². The molecular formula is C13H16N2O3. The van der Waals surface area contributed by atoms with Crippen LogP contribution >= 0.6 is 0 Å². The topological polar surface area (TPSA) is 75.3 Å². The van der Waals surface area contributed by atoms with E-state index >= 15 is 0 Å². The van der Waals surface area contributed by atoms with E-state index in [-0.39, 0.29) is 24.0 Å². The quantitative estimate of drug-likeness (QED) is 0.772. The van der Waals surface area contributed by atoms with Crippen molar-refractivity contribution in [1.29, 1.82) is 0 Å². The van der Waals surface area contributed by atoms with E-state index in [0.717, 1.165) is 0 Å². The van der Waals surface area contributed by atoms with Gasteiger partial charge in [0, 0.05) is 31.1 Å². The van der Waals surface area contributed by atoms with Gasteiger partial charge >= 0.3 is 0 Å². The number of amides is 2. The third-order valence-electron chi connectivity index (χ3n) is 2.28. The SMILES string of the molecule is CC(=O)NCCC(=O)Nc1cccc(C(C)=O)c1. The number of rotatable bonds is 5. The average Bonchev–Trinajstić information content (AvgIpc) is 2.28. The van der Waals surface area contributed by atoms with Gasteiger partial charge in [-0.3, -0.25) is 14.4 Å². The van der Waals surface area contributed by atoms with Crippen LogP contribution < -0.4 is 10.6 Å². The maximum atomic E-state index is 11.5. The van der Waals surface area contributed by atoms with E-state index in [0.29, 0.717) is 17.8 Å². The third kappa shape index (κ3) is 4.78. The third-order valence-corrected chi connectivity index (χ3v) is 2.28. The van der Waals surface area contributed by atoms with E-state index in [2.05, 4.69) is 10.6 Å². The summed E-state index contributed by atoms with van der Waals surface area (Å²) in [4.78, 5) is 33.3. The van der Waals surface area contributed by atoms with Crippen LogP contribution in [0.25, 0.3) is 0 Å². The second-order valence-corrected chi connectivity index (χ2v) is 3.92. The first kappa shape index (κ1) is 13.9. The van der Waals surface area contributed by atoms with Crippen molar-refractivity contribution in [1.82, 2.24) is 5.32 Å². The van der Waals surface area contributed by atoms with E-state index in [1.54, 1.807) is 24.3 Å². The largest absolute Gasteiger partial charge is 0.356 e. The molecule has 0 spiro atoms. The standard InChI is InChI=1S/C13H16N2O3/c1-9(16)11-4-3-5-12(8-11)15-13(18)6-7-14-10(2)17/h3-5,8H,6-7H2,1-2H3,(H,14,17)(H,15,18). The van der Waals surface area contributed by atoms with Gasteiger partial charge in [0.15, 0.2) is 5.78 Å². The Kier molecular flexibility index (Phi) is 5.05. The smallest absolute Gasteiger partial charge is 0.226 e. The van der Waals surface area contributed by atoms with Gasteiger partial charge in [-0.05, 0) is 19.1 Å². The zero-order chi connectivity index (χ0) is 13.5. The molecule has 2 amide bonds. The van der Waals surface area contributed by atoms with Crippen LogP contribution in [0.1, 0.15) is 30.6 Å². The lowest BCUT2D eigenvalue weighted by atomic mass is 10.1. The number of nitrogens with one attached hydrogen (secondary N) is 2. The number of carbonyl (C=O) groups is 3. The predicted molar refractivity (Wildman–Crippen MR) is 68.4 cm³/mol. The zero-order valence-electron chi connectivity index (χ0n) is 10.4. The molecule has 1 aromatic carbocycles. The number of benzene rings is 1. The number of hydrogen-bond acceptors (Lipinski definition) is 3. The van der Waals surface area contributed by atoms with Crippen molar-refractivity contribution < 1.29 is 14.4 Å². The summed E-state index contributed by atoms with van der Waals surface area (Å²) >= 11 is 0. The number of ketones is 1. The van der Waals surface area contributed by atoms with Gasteiger partial charge in [0.25, 0.3) is 0 Å². The highest BCUT2D eigenvalue weighted by atomic mass is 16.2. The van der Waals surface area contributed by atoms with Crippen molar-refractivity contribution in [3.63, 3.8) is 0 Å². The van der Waals surface area contributed by atoms with E-state index in [1.165, 1.54) is 13.8 Å². The average molecular weight is 248 g/mol. The Balaban J connectivity index is 2.51. The second-order valence-electron chi connectivity index (χ2n) is 3.92. The van der Waals surface area contributed by atoms with E-state index in [9.17, 15) is 14.4 Å². The van der Waals surface area contributed by atoms with Gasteiger partial charge in [0.2, 0.25) is 11.8 Å². The van der Waals surface area contributed by atoms with Crippen molar-refractivity contribution in [3.05, 3.63) is 29.8 Å². The molecular weight excluding hydrogens is 232 g/mol. The first-order chi connectivity index (χ1) is 8.49. The minimum Gasteiger partial charge on any atom is -0.356 e. The first-order valence-corrected chi connectivity index (χ1v) is 5.64. The number of anilines is 1. The van der Waals surface area contributed by atoms with Crippen LogP contribution in [0.2, 0.25) is 0 Å². The predicted octanol–water partition coefficient (Wildman–Crippen LogP) is 1.35. The fourth-order valence-electron chi connectivity index (χ4n) is 1.39. The van der Waals surface area contributed by atoms with Gasteiger partial charge in [0.1, 0.15) is 0 Å². The molecule has 18 heavy (non-hydrogen) atoms. The molecule has 96 valence electrons. The van der Waals surface area contributed by atoms with Crippen LogP contribution in [-0.2, 0) is 9.59 Å². The number of hydrogen-bond donors (Lipinski definition) is 2. The molecule has 0 saturated heterocycles. The highest BCUT2D eigenvalue weighted by Crippen LogP contribution is 2.11. The molecule has 0 unspecified atom stereocenters. The van der Waals surface area contributed by atoms with Crippen molar-refractivity contribution >= 4 is 23.3 Å². The number of Topliss-reactive ketones (excluding diaryl/α,β-unsaturated/α-hetero) is 1. The Hall–Kier alpha value is -2.17. The lowest BCUT2D eigenvalue weighted by molar-refractivity contribution is -0.119. The van der Waals surface area contributed by atoms with Crippen molar-refractivity contribution in [3.8, 4) is 0 Å². The van der Waals surface area contributed by atoms with Crippen LogP contribution in [0, 0.1) is 0 Å². The van der Waals surface area contributed by atoms with E-state index < -0.39 is 0 Å². The molecule has 0 atom stereocenters. The second kappa shape index (κ2) is 6.54. The molecule has 2 N–H and O–H groups in total. The highest BCUT2D eigenvalue weighted by molar-refractivity contribution is 5.97. The van der Waals surface area contributed by atoms with Crippen LogP contribution in [-0.4, -0.2) is 24.1 Å². The van der Waals surface area contributed by atoms with Gasteiger partial charge < -0.3 is 10.6 Å². The van der Waals surface area contributed by atoms with Gasteiger partial charge in [-0.1, -0.05) is 12.1 Å². The molecule has 0 aromatic heterocycles. The van der Waals surface area contributed by atoms with Crippen LogP contribution in [0.4, 0.5) is 5.69 Å². The van der Waals surface area contributed by atoms with E-state index in [1.807, 2.05) is 0 Å². The van der Waals surface area contributed by atoms with Crippen LogP contribution in [0.5, 0.6) is 0 Å². The Bertz CT molecular complexity index is 469. The fraction of sp³-hybridized carbons (Fsp3) is 0.308. The van der Waals surface area contributed by atoms with Crippen molar-refractivity contribution in [2.75, 3.05) is 11.9 Å². The van der Waals surface area contributed by atoms with Crippen molar-refractivity contribution in [2.45, 2.75) is 20.3 Å². The molecule has 5 heteroatoms. The summed E-state index contributed by atoms with van der Waals surface area (Å²) in [5, 5.41) is 5.21. The molecule has 0 saturated carbocycles. The molecule has 0 aliphatic rings. The highest BCUT2D eigenvalue weighted by Gasteiger charge is 2.04. The van der Waals surface area contributed by atoms with Gasteiger partial charge in [0.05, 0.1) is 0 Å². The maximum Gasteiger partial charge on any atom is 0.226 e. The number of carbonyl (C=O) groups excluding carboxylic acids is 3. The summed E-state index contributed by atoms with van der Waals surface area (Å²) in [6.45, 7) is 3.17. The summed E-state index contributed by atoms with van der Waals surface area (Å²) in [5.74, 6) is -0.421. The zero-order valence-corrected chi connectivity index (χ0v) is 10.4. The van der Waals surface area contributed by atoms with Gasteiger partial charge in [-0.15, -0.1) is 0 Å². The fourth-order valence-corrected chi connectivity index (χ4v) is 1.39. The van der Waals surface area contributed by atoms with Crippen molar-refractivity contribution in [2.24, 2.45) is 0 Å². The molecule has 0 radical (unpaired) electrons. The lowest BCUT2D eigenvalue weighted by Gasteiger charge is -2.06. The lowest BCUT2D eigenvalue weighted by Crippen LogP contribution is -2.25. The Morgan fingerprint density at radius 2 is 1.89 bits per heavy atom. The summed E-state index contributed by atoms with van der Waals surface area (Å²) in [6, 6.07) is 6.73. The molecule has 0 aliphatic carbocycles. The summed E-state index contributed by atoms with van der Waals surface area (Å²) in [5.41, 5.74) is 1.13. The van der Waals surface area contributed by atoms with Gasteiger partial charge in [-0.2, -0.15) is 0 Å². The Labute approximate surface area is 106 Å². The molecule has 0 fully saturated rings. The molecule has 5 nitrogen and oxygen atoms in total. The minimum absolute atomic E-state index is 0.0515. The summed E-state index contributed by atoms with van der Waals surface area (Å²) in [6.07, 6.45) is 0.198. The molecule has 0 aliphatic heterocycles. The molecule has 0 bridgehead atoms. The summed E-state index contributed by atoms with van der Waals surface area (Å²) in [7, 11) is 0. The molecule has 0 heterocycles. The van der Waals surface area contributed by atoms with Gasteiger partial charge in [-0.25, -0.2) is 0 Å². The van der Waals surface area contributed by atoms with Crippen LogP contribution in [0.3, 0.4) is 0 Å². The summed E-state index contributed by atoms with van der Waals surface area (Å²) < 4.78 is 0. The first-order valence-electron chi connectivity index (χ1n) is 5.64. The molecule has 1 aromatic rings.